The van der Waals surface area contributed by atoms with Crippen LogP contribution in [0, 0.1) is 0 Å². The molecule has 2 amide bonds. The molecule has 6 heteroatoms. The van der Waals surface area contributed by atoms with Gasteiger partial charge in [-0.25, -0.2) is 0 Å². The van der Waals surface area contributed by atoms with E-state index in [0.717, 1.165) is 27.3 Å². The second kappa shape index (κ2) is 10.3. The van der Waals surface area contributed by atoms with Crippen molar-refractivity contribution >= 4 is 29.4 Å². The third-order valence-electron chi connectivity index (χ3n) is 6.21. The summed E-state index contributed by atoms with van der Waals surface area (Å²) in [5, 5.41) is 3.08. The molecule has 1 atom stereocenters. The fourth-order valence-electron chi connectivity index (χ4n) is 4.38. The summed E-state index contributed by atoms with van der Waals surface area (Å²) >= 11 is 1.48. The van der Waals surface area contributed by atoms with E-state index in [1.807, 2.05) is 87.5 Å². The number of anilines is 1. The fourth-order valence-corrected chi connectivity index (χ4v) is 5.32. The normalized spacial score (nSPS) is 18.0. The third-order valence-corrected chi connectivity index (χ3v) is 7.11. The van der Waals surface area contributed by atoms with E-state index < -0.39 is 5.54 Å². The minimum Gasteiger partial charge on any atom is -0.352 e. The number of nitrogens with one attached hydrogen (secondary N) is 2. The van der Waals surface area contributed by atoms with Gasteiger partial charge in [0.2, 0.25) is 5.91 Å². The number of amides is 2. The summed E-state index contributed by atoms with van der Waals surface area (Å²) in [5.41, 5.74) is 2.59. The minimum absolute atomic E-state index is 0.0514. The quantitative estimate of drug-likeness (QED) is 0.502. The van der Waals surface area contributed by atoms with Crippen LogP contribution < -0.4 is 10.0 Å². The number of benzene rings is 3. The Morgan fingerprint density at radius 2 is 1.71 bits per heavy atom. The maximum atomic E-state index is 13.9. The van der Waals surface area contributed by atoms with Gasteiger partial charge in [0.15, 0.2) is 0 Å². The van der Waals surface area contributed by atoms with E-state index in [1.54, 1.807) is 4.90 Å². The zero-order valence-corrected chi connectivity index (χ0v) is 20.7. The van der Waals surface area contributed by atoms with Gasteiger partial charge in [-0.3, -0.25) is 9.59 Å². The molecule has 176 valence electrons. The molecule has 4 rings (SSSR count). The van der Waals surface area contributed by atoms with Crippen molar-refractivity contribution in [3.8, 4) is 0 Å². The van der Waals surface area contributed by atoms with E-state index in [9.17, 15) is 9.59 Å². The zero-order chi connectivity index (χ0) is 24.1. The molecule has 1 heterocycles. The summed E-state index contributed by atoms with van der Waals surface area (Å²) in [7, 11) is 0. The van der Waals surface area contributed by atoms with E-state index in [-0.39, 0.29) is 24.3 Å². The van der Waals surface area contributed by atoms with Crippen molar-refractivity contribution in [1.29, 1.82) is 0 Å². The molecule has 5 nitrogen and oxygen atoms in total. The van der Waals surface area contributed by atoms with Crippen LogP contribution in [0.1, 0.15) is 37.5 Å². The standard InChI is InChI=1S/C28H31N3O2S/c1-20(2)29-27(33)28(3)23-14-8-10-16-25(23)34-30-24-15-9-7-13-22(24)19-26(32)31(28)18-17-21-11-5-4-6-12-21/h4-16,20,30H,17-19H2,1-3H3,(H,29,33). The largest absolute Gasteiger partial charge is 0.352 e. The Morgan fingerprint density at radius 3 is 2.47 bits per heavy atom. The van der Waals surface area contributed by atoms with Gasteiger partial charge in [0.1, 0.15) is 5.54 Å². The number of hydrogen-bond donors (Lipinski definition) is 2. The number of hydrogen-bond acceptors (Lipinski definition) is 4. The highest BCUT2D eigenvalue weighted by Crippen LogP contribution is 2.39. The third kappa shape index (κ3) is 4.97. The minimum atomic E-state index is -1.17. The Hall–Kier alpha value is -3.25. The molecule has 0 fully saturated rings. The van der Waals surface area contributed by atoms with Crippen LogP contribution in [0.5, 0.6) is 0 Å². The number of nitrogens with zero attached hydrogens (tertiary/aromatic N) is 1. The van der Waals surface area contributed by atoms with Crippen LogP contribution in [0.3, 0.4) is 0 Å². The molecule has 3 aromatic carbocycles. The zero-order valence-electron chi connectivity index (χ0n) is 19.9. The highest BCUT2D eigenvalue weighted by molar-refractivity contribution is 8.00. The van der Waals surface area contributed by atoms with Crippen molar-refractivity contribution < 1.29 is 9.59 Å². The second-order valence-corrected chi connectivity index (χ2v) is 9.86. The van der Waals surface area contributed by atoms with Crippen LogP contribution in [-0.4, -0.2) is 29.3 Å². The topological polar surface area (TPSA) is 61.4 Å². The molecule has 2 N–H and O–H groups in total. The van der Waals surface area contributed by atoms with Crippen LogP contribution in [-0.2, 0) is 28.0 Å². The highest BCUT2D eigenvalue weighted by atomic mass is 32.2. The SMILES string of the molecule is CC(C)NC(=O)C1(C)c2ccccc2SNc2ccccc2CC(=O)N1CCc1ccccc1. The average Bonchev–Trinajstić information content (AvgIpc) is 2.83. The lowest BCUT2D eigenvalue weighted by atomic mass is 9.87. The molecule has 34 heavy (non-hydrogen) atoms. The number of carbonyl (C=O) groups is 2. The van der Waals surface area contributed by atoms with Crippen LogP contribution in [0.4, 0.5) is 5.69 Å². The first-order chi connectivity index (χ1) is 16.4. The number of carbonyl (C=O) groups excluding carboxylic acids is 2. The van der Waals surface area contributed by atoms with Crippen LogP contribution in [0.15, 0.2) is 83.8 Å². The van der Waals surface area contributed by atoms with Gasteiger partial charge in [0.05, 0.1) is 6.42 Å². The Balaban J connectivity index is 1.85. The Kier molecular flexibility index (Phi) is 7.27. The first-order valence-corrected chi connectivity index (χ1v) is 12.5. The molecule has 1 aliphatic rings. The molecule has 1 aliphatic heterocycles. The summed E-state index contributed by atoms with van der Waals surface area (Å²) < 4.78 is 3.41. The maximum Gasteiger partial charge on any atom is 0.250 e. The molecule has 0 spiro atoms. The monoisotopic (exact) mass is 473 g/mol. The Labute approximate surface area is 206 Å². The van der Waals surface area contributed by atoms with E-state index in [0.29, 0.717) is 13.0 Å². The van der Waals surface area contributed by atoms with Crippen LogP contribution in [0.25, 0.3) is 0 Å². The van der Waals surface area contributed by atoms with Gasteiger partial charge in [-0.2, -0.15) is 0 Å². The van der Waals surface area contributed by atoms with Gasteiger partial charge in [0.25, 0.3) is 5.91 Å². The van der Waals surface area contributed by atoms with E-state index in [2.05, 4.69) is 22.2 Å². The second-order valence-electron chi connectivity index (χ2n) is 9.02. The lowest BCUT2D eigenvalue weighted by molar-refractivity contribution is -0.147. The average molecular weight is 474 g/mol. The predicted molar refractivity (Wildman–Crippen MR) is 139 cm³/mol. The molecular weight excluding hydrogens is 442 g/mol. The number of para-hydroxylation sites is 1. The van der Waals surface area contributed by atoms with Gasteiger partial charge in [-0.1, -0.05) is 66.7 Å². The maximum absolute atomic E-state index is 13.9. The van der Waals surface area contributed by atoms with Gasteiger partial charge in [-0.15, -0.1) is 0 Å². The molecule has 0 bridgehead atoms. The van der Waals surface area contributed by atoms with Crippen molar-refractivity contribution in [2.24, 2.45) is 0 Å². The Morgan fingerprint density at radius 1 is 1.03 bits per heavy atom. The lowest BCUT2D eigenvalue weighted by Gasteiger charge is -2.42. The molecular formula is C28H31N3O2S. The lowest BCUT2D eigenvalue weighted by Crippen LogP contribution is -2.58. The van der Waals surface area contributed by atoms with Gasteiger partial charge in [0, 0.05) is 28.7 Å². The molecule has 0 saturated heterocycles. The van der Waals surface area contributed by atoms with E-state index in [1.165, 1.54) is 11.9 Å². The first-order valence-electron chi connectivity index (χ1n) is 11.6. The predicted octanol–water partition coefficient (Wildman–Crippen LogP) is 5.17. The molecule has 0 aromatic heterocycles. The molecule has 3 aromatic rings. The summed E-state index contributed by atoms with van der Waals surface area (Å²) in [4.78, 5) is 30.5. The van der Waals surface area contributed by atoms with Crippen LogP contribution >= 0.6 is 11.9 Å². The summed E-state index contributed by atoms with van der Waals surface area (Å²) in [6.45, 7) is 6.19. The number of rotatable bonds is 5. The van der Waals surface area contributed by atoms with Gasteiger partial charge in [-0.05, 0) is 62.4 Å². The summed E-state index contributed by atoms with van der Waals surface area (Å²) in [6.07, 6.45) is 0.873. The van der Waals surface area contributed by atoms with Crippen molar-refractivity contribution in [3.05, 3.63) is 95.6 Å². The van der Waals surface area contributed by atoms with E-state index in [4.69, 9.17) is 0 Å². The van der Waals surface area contributed by atoms with Gasteiger partial charge >= 0.3 is 0 Å². The van der Waals surface area contributed by atoms with Crippen molar-refractivity contribution in [2.75, 3.05) is 11.3 Å². The van der Waals surface area contributed by atoms with Crippen molar-refractivity contribution in [1.82, 2.24) is 10.2 Å². The molecule has 1 unspecified atom stereocenters. The fraction of sp³-hybridized carbons (Fsp3) is 0.286. The van der Waals surface area contributed by atoms with Crippen LogP contribution in [0.2, 0.25) is 0 Å². The Bertz CT molecular complexity index is 1170. The van der Waals surface area contributed by atoms with E-state index >= 15 is 0 Å². The molecule has 0 aliphatic carbocycles. The van der Waals surface area contributed by atoms with Gasteiger partial charge < -0.3 is 14.9 Å². The molecule has 0 radical (unpaired) electrons. The smallest absolute Gasteiger partial charge is 0.250 e. The highest BCUT2D eigenvalue weighted by Gasteiger charge is 2.45. The molecule has 0 saturated carbocycles. The summed E-state index contributed by atoms with van der Waals surface area (Å²) in [6, 6.07) is 25.7. The van der Waals surface area contributed by atoms with Crippen molar-refractivity contribution in [2.45, 2.75) is 50.1 Å². The number of fused-ring (bicyclic) bond motifs is 2. The first kappa shape index (κ1) is 23.9. The summed E-state index contributed by atoms with van der Waals surface area (Å²) in [5.74, 6) is -0.251. The van der Waals surface area contributed by atoms with Crippen molar-refractivity contribution in [3.63, 3.8) is 0 Å².